The van der Waals surface area contributed by atoms with Crippen LogP contribution in [0.25, 0.3) is 0 Å². The second kappa shape index (κ2) is 8.75. The summed E-state index contributed by atoms with van der Waals surface area (Å²) in [6.45, 7) is 2.97. The molecule has 0 radical (unpaired) electrons. The van der Waals surface area contributed by atoms with Gasteiger partial charge in [-0.05, 0) is 36.4 Å². The van der Waals surface area contributed by atoms with Gasteiger partial charge in [-0.2, -0.15) is 0 Å². The van der Waals surface area contributed by atoms with Gasteiger partial charge in [0.25, 0.3) is 11.8 Å². The maximum absolute atomic E-state index is 12.6. The number of hydrogen-bond donors (Lipinski definition) is 3. The zero-order valence-corrected chi connectivity index (χ0v) is 16.1. The maximum Gasteiger partial charge on any atom is 0.291 e. The van der Waals surface area contributed by atoms with E-state index < -0.39 is 0 Å². The predicted molar refractivity (Wildman–Crippen MR) is 110 cm³/mol. The monoisotopic (exact) mass is 390 g/mol. The molecule has 29 heavy (non-hydrogen) atoms. The first-order valence-corrected chi connectivity index (χ1v) is 9.80. The van der Waals surface area contributed by atoms with E-state index in [1.54, 1.807) is 36.4 Å². The summed E-state index contributed by atoms with van der Waals surface area (Å²) in [5.74, 6) is -0.157. The summed E-state index contributed by atoms with van der Waals surface area (Å²) in [4.78, 5) is 26.0. The molecule has 1 saturated heterocycles. The molecule has 148 valence electrons. The lowest BCUT2D eigenvalue weighted by molar-refractivity contribution is -0.901. The van der Waals surface area contributed by atoms with Crippen LogP contribution in [-0.2, 0) is 6.54 Å². The molecular weight excluding hydrogens is 366 g/mol. The van der Waals surface area contributed by atoms with E-state index in [1.807, 2.05) is 6.07 Å². The minimum absolute atomic E-state index is 0.0835. The number of rotatable bonds is 6. The molecule has 1 fully saturated rings. The van der Waals surface area contributed by atoms with E-state index in [0.29, 0.717) is 11.3 Å². The number of benzene rings is 2. The fourth-order valence-corrected chi connectivity index (χ4v) is 3.67. The van der Waals surface area contributed by atoms with Gasteiger partial charge in [-0.3, -0.25) is 9.59 Å². The Hall–Kier alpha value is -3.38. The summed E-state index contributed by atoms with van der Waals surface area (Å²) in [5.41, 5.74) is 2.52. The summed E-state index contributed by atoms with van der Waals surface area (Å²) < 4.78 is 5.07. The van der Waals surface area contributed by atoms with Crippen molar-refractivity contribution in [2.45, 2.75) is 19.0 Å². The molecule has 4 rings (SSSR count). The van der Waals surface area contributed by atoms with Crippen LogP contribution in [0.5, 0.6) is 0 Å². The number of quaternary nitrogens is 1. The molecule has 1 unspecified atom stereocenters. The second-order valence-electron chi connectivity index (χ2n) is 7.33. The Balaban J connectivity index is 1.28. The normalized spacial score (nSPS) is 18.3. The van der Waals surface area contributed by atoms with Crippen molar-refractivity contribution in [3.8, 4) is 0 Å². The minimum Gasteiger partial charge on any atom is -0.459 e. The van der Waals surface area contributed by atoms with E-state index in [-0.39, 0.29) is 23.6 Å². The van der Waals surface area contributed by atoms with Crippen molar-refractivity contribution in [1.29, 1.82) is 0 Å². The topological polar surface area (TPSA) is 75.8 Å². The van der Waals surface area contributed by atoms with Gasteiger partial charge < -0.3 is 20.0 Å². The third-order valence-electron chi connectivity index (χ3n) is 5.16. The van der Waals surface area contributed by atoms with Gasteiger partial charge in [-0.1, -0.05) is 30.3 Å². The number of hydrogen-bond acceptors (Lipinski definition) is 3. The fraction of sp³-hybridized carbons (Fsp3) is 0.217. The predicted octanol–water partition coefficient (Wildman–Crippen LogP) is 2.12. The molecule has 2 heterocycles. The van der Waals surface area contributed by atoms with Gasteiger partial charge in [0, 0.05) is 23.2 Å². The Bertz CT molecular complexity index is 953. The molecule has 0 aliphatic carbocycles. The summed E-state index contributed by atoms with van der Waals surface area (Å²) in [6, 6.07) is 20.8. The lowest BCUT2D eigenvalue weighted by Gasteiger charge is -2.14. The van der Waals surface area contributed by atoms with E-state index in [0.717, 1.165) is 26.1 Å². The van der Waals surface area contributed by atoms with Crippen LogP contribution in [0.4, 0.5) is 5.69 Å². The molecule has 0 saturated carbocycles. The van der Waals surface area contributed by atoms with Crippen LogP contribution in [0.15, 0.2) is 77.4 Å². The highest BCUT2D eigenvalue weighted by Crippen LogP contribution is 2.12. The molecule has 1 aliphatic heterocycles. The lowest BCUT2D eigenvalue weighted by Crippen LogP contribution is -3.09. The third-order valence-corrected chi connectivity index (χ3v) is 5.16. The van der Waals surface area contributed by atoms with Crippen LogP contribution in [0.1, 0.15) is 32.9 Å². The van der Waals surface area contributed by atoms with Crippen LogP contribution >= 0.6 is 0 Å². The molecule has 0 spiro atoms. The quantitative estimate of drug-likeness (QED) is 0.604. The van der Waals surface area contributed by atoms with Gasteiger partial charge in [0.15, 0.2) is 5.76 Å². The van der Waals surface area contributed by atoms with Crippen LogP contribution in [0.2, 0.25) is 0 Å². The van der Waals surface area contributed by atoms with Crippen molar-refractivity contribution in [3.05, 3.63) is 89.9 Å². The highest BCUT2D eigenvalue weighted by molar-refractivity contribution is 6.02. The number of likely N-dealkylation sites (tertiary alicyclic amines) is 1. The van der Waals surface area contributed by atoms with Crippen LogP contribution in [-0.4, -0.2) is 30.9 Å². The molecule has 1 aromatic heterocycles. The average Bonchev–Trinajstić information content (AvgIpc) is 3.42. The molecular formula is C23H24N3O3+. The summed E-state index contributed by atoms with van der Waals surface area (Å²) in [5, 5.41) is 5.88. The SMILES string of the molecule is O=C(N[C@@H]1CC[NH+](Cc2ccccc2)C1)c1ccc(NC(=O)c2ccco2)cc1. The third kappa shape index (κ3) is 4.92. The smallest absolute Gasteiger partial charge is 0.291 e. The summed E-state index contributed by atoms with van der Waals surface area (Å²) >= 11 is 0. The molecule has 6 nitrogen and oxygen atoms in total. The Morgan fingerprint density at radius 1 is 0.966 bits per heavy atom. The van der Waals surface area contributed by atoms with E-state index >= 15 is 0 Å². The summed E-state index contributed by atoms with van der Waals surface area (Å²) in [7, 11) is 0. The zero-order chi connectivity index (χ0) is 20.1. The first kappa shape index (κ1) is 19.0. The van der Waals surface area contributed by atoms with E-state index in [1.165, 1.54) is 16.7 Å². The molecule has 2 atom stereocenters. The van der Waals surface area contributed by atoms with E-state index in [4.69, 9.17) is 4.42 Å². The number of nitrogens with one attached hydrogen (secondary N) is 3. The second-order valence-corrected chi connectivity index (χ2v) is 7.33. The Labute approximate surface area is 169 Å². The van der Waals surface area contributed by atoms with Gasteiger partial charge in [-0.15, -0.1) is 0 Å². The maximum atomic E-state index is 12.6. The Kier molecular flexibility index (Phi) is 5.72. The van der Waals surface area contributed by atoms with E-state index in [9.17, 15) is 9.59 Å². The highest BCUT2D eigenvalue weighted by atomic mass is 16.3. The van der Waals surface area contributed by atoms with Gasteiger partial charge in [-0.25, -0.2) is 0 Å². The number of carbonyl (C=O) groups excluding carboxylic acids is 2. The van der Waals surface area contributed by atoms with Crippen molar-refractivity contribution < 1.29 is 18.9 Å². The molecule has 3 N–H and O–H groups in total. The largest absolute Gasteiger partial charge is 0.459 e. The molecule has 1 aliphatic rings. The molecule has 6 heteroatoms. The minimum atomic E-state index is -0.320. The Morgan fingerprint density at radius 3 is 2.48 bits per heavy atom. The van der Waals surface area contributed by atoms with Crippen LogP contribution in [0, 0.1) is 0 Å². The van der Waals surface area contributed by atoms with Crippen molar-refractivity contribution in [2.75, 3.05) is 18.4 Å². The summed E-state index contributed by atoms with van der Waals surface area (Å²) in [6.07, 6.45) is 2.43. The van der Waals surface area contributed by atoms with Crippen LogP contribution in [0.3, 0.4) is 0 Å². The van der Waals surface area contributed by atoms with Crippen molar-refractivity contribution >= 4 is 17.5 Å². The number of carbonyl (C=O) groups is 2. The number of amides is 2. The molecule has 2 amide bonds. The lowest BCUT2D eigenvalue weighted by atomic mass is 10.1. The van der Waals surface area contributed by atoms with Gasteiger partial charge >= 0.3 is 0 Å². The average molecular weight is 390 g/mol. The molecule has 2 aromatic carbocycles. The molecule has 3 aromatic rings. The highest BCUT2D eigenvalue weighted by Gasteiger charge is 2.27. The van der Waals surface area contributed by atoms with Crippen molar-refractivity contribution in [1.82, 2.24) is 5.32 Å². The first-order chi connectivity index (χ1) is 14.2. The van der Waals surface area contributed by atoms with Gasteiger partial charge in [0.05, 0.1) is 25.4 Å². The standard InChI is InChI=1S/C23H23N3O3/c27-22(25-20-12-13-26(16-20)15-17-5-2-1-3-6-17)18-8-10-19(11-9-18)24-23(28)21-7-4-14-29-21/h1-11,14,20H,12-13,15-16H2,(H,24,28)(H,25,27)/p+1/t20-/m1/s1. The number of furan rings is 1. The Morgan fingerprint density at radius 2 is 1.76 bits per heavy atom. The fourth-order valence-electron chi connectivity index (χ4n) is 3.67. The zero-order valence-electron chi connectivity index (χ0n) is 16.1. The van der Waals surface area contributed by atoms with Crippen LogP contribution < -0.4 is 15.5 Å². The van der Waals surface area contributed by atoms with Crippen molar-refractivity contribution in [3.63, 3.8) is 0 Å². The van der Waals surface area contributed by atoms with Crippen molar-refractivity contribution in [2.24, 2.45) is 0 Å². The number of anilines is 1. The van der Waals surface area contributed by atoms with E-state index in [2.05, 4.69) is 34.9 Å². The molecule has 0 bridgehead atoms. The first-order valence-electron chi connectivity index (χ1n) is 9.80. The van der Waals surface area contributed by atoms with Gasteiger partial charge in [0.1, 0.15) is 6.54 Å². The van der Waals surface area contributed by atoms with Gasteiger partial charge in [0.2, 0.25) is 0 Å².